The third kappa shape index (κ3) is 12.7. The normalized spacial score (nSPS) is 10.0. The van der Waals surface area contributed by atoms with Crippen molar-refractivity contribution in [1.29, 1.82) is 0 Å². The zero-order chi connectivity index (χ0) is 17.6. The van der Waals surface area contributed by atoms with E-state index in [1.54, 1.807) is 26.3 Å². The Balaban J connectivity index is 0.000000443. The van der Waals surface area contributed by atoms with E-state index in [0.29, 0.717) is 12.8 Å². The van der Waals surface area contributed by atoms with E-state index in [9.17, 15) is 9.59 Å². The van der Waals surface area contributed by atoms with Gasteiger partial charge in [-0.3, -0.25) is 19.6 Å². The largest absolute Gasteiger partial charge is 0.300 e. The average molecular weight is 386 g/mol. The van der Waals surface area contributed by atoms with Crippen LogP contribution in [0.25, 0.3) is 0 Å². The molecule has 0 amide bonds. The monoisotopic (exact) mass is 385 g/mol. The molecule has 0 saturated carbocycles. The minimum absolute atomic E-state index is 0. The van der Waals surface area contributed by atoms with Gasteiger partial charge in [-0.15, -0.1) is 0 Å². The predicted molar refractivity (Wildman–Crippen MR) is 99.8 cm³/mol. The third-order valence-electron chi connectivity index (χ3n) is 2.75. The average Bonchev–Trinajstić information content (AvgIpc) is 2.57. The Morgan fingerprint density at radius 3 is 1.32 bits per heavy atom. The van der Waals surface area contributed by atoms with Crippen LogP contribution in [0.2, 0.25) is 0 Å². The number of carbonyl (C=O) groups excluding carboxylic acids is 2. The van der Waals surface area contributed by atoms with E-state index in [1.165, 1.54) is 0 Å². The molecule has 4 nitrogen and oxygen atoms in total. The van der Waals surface area contributed by atoms with Gasteiger partial charge in [0.05, 0.1) is 11.4 Å². The zero-order valence-electron chi connectivity index (χ0n) is 14.4. The summed E-state index contributed by atoms with van der Waals surface area (Å²) < 4.78 is 0. The second-order valence-electron chi connectivity index (χ2n) is 5.11. The Kier molecular flexibility index (Phi) is 12.7. The molecule has 0 aliphatic heterocycles. The van der Waals surface area contributed by atoms with Gasteiger partial charge in [0.25, 0.3) is 0 Å². The molecule has 0 bridgehead atoms. The first-order valence-corrected chi connectivity index (χ1v) is 7.72. The predicted octanol–water partition coefficient (Wildman–Crippen LogP) is 4.73. The van der Waals surface area contributed by atoms with E-state index in [0.717, 1.165) is 11.4 Å². The second-order valence-corrected chi connectivity index (χ2v) is 5.11. The molecule has 2 rings (SSSR count). The molecule has 0 atom stereocenters. The number of ketones is 2. The molecule has 0 saturated heterocycles. The summed E-state index contributed by atoms with van der Waals surface area (Å²) in [5, 5.41) is 0. The molecule has 0 aromatic heterocycles. The molecule has 25 heavy (non-hydrogen) atoms. The number of nitrogens with zero attached hydrogens (tertiary/aromatic N) is 2. The summed E-state index contributed by atoms with van der Waals surface area (Å²) >= 11 is 0. The molecular formula is C20H22CuN2O2. The first-order chi connectivity index (χ1) is 11.6. The molecule has 0 fully saturated rings. The Bertz CT molecular complexity index is 622. The van der Waals surface area contributed by atoms with Crippen LogP contribution >= 0.6 is 0 Å². The Labute approximate surface area is 159 Å². The van der Waals surface area contributed by atoms with Crippen molar-refractivity contribution in [3.05, 3.63) is 60.7 Å². The molecule has 1 radical (unpaired) electrons. The van der Waals surface area contributed by atoms with Crippen molar-refractivity contribution >= 4 is 35.4 Å². The van der Waals surface area contributed by atoms with E-state index in [-0.39, 0.29) is 28.6 Å². The van der Waals surface area contributed by atoms with Crippen molar-refractivity contribution in [2.45, 2.75) is 26.7 Å². The fourth-order valence-electron chi connectivity index (χ4n) is 1.59. The fraction of sp³-hybridized carbons (Fsp3) is 0.200. The topological polar surface area (TPSA) is 58.9 Å². The van der Waals surface area contributed by atoms with Gasteiger partial charge in [0, 0.05) is 42.3 Å². The van der Waals surface area contributed by atoms with Crippen molar-refractivity contribution in [2.24, 2.45) is 9.98 Å². The molecular weight excluding hydrogens is 364 g/mol. The first kappa shape index (κ1) is 22.6. The summed E-state index contributed by atoms with van der Waals surface area (Å²) in [6.45, 7) is 3.11. The van der Waals surface area contributed by atoms with Crippen LogP contribution < -0.4 is 0 Å². The van der Waals surface area contributed by atoms with Gasteiger partial charge in [-0.05, 0) is 38.1 Å². The zero-order valence-corrected chi connectivity index (χ0v) is 15.3. The van der Waals surface area contributed by atoms with Gasteiger partial charge in [0.2, 0.25) is 0 Å². The molecule has 2 aromatic rings. The molecule has 135 valence electrons. The van der Waals surface area contributed by atoms with Crippen molar-refractivity contribution in [2.75, 3.05) is 0 Å². The summed E-state index contributed by atoms with van der Waals surface area (Å²) in [5.74, 6) is 0.268. The van der Waals surface area contributed by atoms with Crippen LogP contribution in [-0.2, 0) is 26.7 Å². The number of carbonyl (C=O) groups is 2. The van der Waals surface area contributed by atoms with Crippen LogP contribution in [0, 0.1) is 0 Å². The number of benzene rings is 2. The Morgan fingerprint density at radius 1 is 0.720 bits per heavy atom. The second kappa shape index (κ2) is 14.0. The van der Waals surface area contributed by atoms with Gasteiger partial charge in [0.1, 0.15) is 11.6 Å². The number of rotatable bonds is 6. The summed E-state index contributed by atoms with van der Waals surface area (Å²) in [4.78, 5) is 29.3. The van der Waals surface area contributed by atoms with Crippen LogP contribution in [0.3, 0.4) is 0 Å². The van der Waals surface area contributed by atoms with Crippen molar-refractivity contribution in [1.82, 2.24) is 0 Å². The van der Waals surface area contributed by atoms with Crippen LogP contribution in [0.15, 0.2) is 70.6 Å². The van der Waals surface area contributed by atoms with E-state index < -0.39 is 0 Å². The molecule has 0 unspecified atom stereocenters. The SMILES string of the molecule is CC(=O)CC=Nc1ccccc1.CC(=O)CC=Nc1ccccc1.[Cu]. The number of para-hydroxylation sites is 2. The van der Waals surface area contributed by atoms with Crippen molar-refractivity contribution < 1.29 is 26.7 Å². The molecule has 0 aliphatic carbocycles. The van der Waals surface area contributed by atoms with Crippen molar-refractivity contribution in [3.8, 4) is 0 Å². The Morgan fingerprint density at radius 2 is 1.04 bits per heavy atom. The third-order valence-corrected chi connectivity index (χ3v) is 2.75. The van der Waals surface area contributed by atoms with Crippen LogP contribution in [0.1, 0.15) is 26.7 Å². The molecule has 2 aromatic carbocycles. The summed E-state index contributed by atoms with van der Waals surface area (Å²) in [5.41, 5.74) is 1.78. The van der Waals surface area contributed by atoms with Gasteiger partial charge in [-0.25, -0.2) is 0 Å². The van der Waals surface area contributed by atoms with E-state index >= 15 is 0 Å². The van der Waals surface area contributed by atoms with Gasteiger partial charge < -0.3 is 0 Å². The van der Waals surface area contributed by atoms with E-state index in [4.69, 9.17) is 0 Å². The molecule has 5 heteroatoms. The maximum Gasteiger partial charge on any atom is 0.135 e. The Hall–Kier alpha value is -2.36. The standard InChI is InChI=1S/2C10H11NO.Cu/c2*1-9(12)7-8-11-10-5-3-2-4-6-10;/h2*2-6,8H,7H2,1H3;. The molecule has 0 N–H and O–H groups in total. The van der Waals surface area contributed by atoms with Gasteiger partial charge >= 0.3 is 0 Å². The molecule has 0 spiro atoms. The number of aliphatic imine (C=N–C) groups is 2. The molecule has 0 heterocycles. The summed E-state index contributed by atoms with van der Waals surface area (Å²) in [6.07, 6.45) is 4.10. The number of hydrogen-bond acceptors (Lipinski definition) is 4. The minimum atomic E-state index is 0. The first-order valence-electron chi connectivity index (χ1n) is 7.72. The van der Waals surface area contributed by atoms with E-state index in [2.05, 4.69) is 9.98 Å². The molecule has 0 aliphatic rings. The summed E-state index contributed by atoms with van der Waals surface area (Å²) in [7, 11) is 0. The smallest absolute Gasteiger partial charge is 0.135 e. The van der Waals surface area contributed by atoms with Crippen molar-refractivity contribution in [3.63, 3.8) is 0 Å². The maximum atomic E-state index is 10.5. The van der Waals surface area contributed by atoms with Gasteiger partial charge in [-0.1, -0.05) is 36.4 Å². The number of Topliss-reactive ketones (excluding diaryl/α,β-unsaturated/α-hetero) is 2. The van der Waals surface area contributed by atoms with Crippen LogP contribution in [-0.4, -0.2) is 24.0 Å². The maximum absolute atomic E-state index is 10.5. The number of hydrogen-bond donors (Lipinski definition) is 0. The van der Waals surface area contributed by atoms with Gasteiger partial charge in [0.15, 0.2) is 0 Å². The van der Waals surface area contributed by atoms with E-state index in [1.807, 2.05) is 60.7 Å². The van der Waals surface area contributed by atoms with Crippen LogP contribution in [0.4, 0.5) is 11.4 Å². The minimum Gasteiger partial charge on any atom is -0.300 e. The van der Waals surface area contributed by atoms with Gasteiger partial charge in [-0.2, -0.15) is 0 Å². The summed E-state index contributed by atoms with van der Waals surface area (Å²) in [6, 6.07) is 19.1. The van der Waals surface area contributed by atoms with Crippen LogP contribution in [0.5, 0.6) is 0 Å². The quantitative estimate of drug-likeness (QED) is 0.533. The fourth-order valence-corrected chi connectivity index (χ4v) is 1.59.